The molecule has 8 heteroatoms. The Bertz CT molecular complexity index is 1250. The first-order chi connectivity index (χ1) is 14.6. The average molecular weight is 395 g/mol. The summed E-state index contributed by atoms with van der Waals surface area (Å²) in [4.78, 5) is 24.8. The fraction of sp³-hybridized carbons (Fsp3) is 0.0455. The molecule has 8 nitrogen and oxygen atoms in total. The highest BCUT2D eigenvalue weighted by Crippen LogP contribution is 2.24. The number of anilines is 3. The van der Waals surface area contributed by atoms with Crippen LogP contribution < -0.4 is 16.4 Å². The maximum atomic E-state index is 12.0. The highest BCUT2D eigenvalue weighted by atomic mass is 16.1. The second-order valence-electron chi connectivity index (χ2n) is 6.49. The number of benzene rings is 2. The third kappa shape index (κ3) is 4.00. The fourth-order valence-corrected chi connectivity index (χ4v) is 3.03. The van der Waals surface area contributed by atoms with Crippen LogP contribution >= 0.6 is 0 Å². The van der Waals surface area contributed by atoms with Crippen LogP contribution in [0.3, 0.4) is 0 Å². The minimum atomic E-state index is -0.784. The Morgan fingerprint density at radius 1 is 1.07 bits per heavy atom. The molecule has 2 aromatic heterocycles. The summed E-state index contributed by atoms with van der Waals surface area (Å²) in [6, 6.07) is 19.7. The van der Waals surface area contributed by atoms with E-state index in [-0.39, 0.29) is 11.5 Å². The summed E-state index contributed by atoms with van der Waals surface area (Å²) >= 11 is 0. The van der Waals surface area contributed by atoms with E-state index >= 15 is 0 Å². The predicted octanol–water partition coefficient (Wildman–Crippen LogP) is 3.28. The summed E-state index contributed by atoms with van der Waals surface area (Å²) in [5.41, 5.74) is 7.98. The molecule has 2 heterocycles. The number of hydrogen-bond donors (Lipinski definition) is 3. The molecule has 0 bridgehead atoms. The van der Waals surface area contributed by atoms with Gasteiger partial charge in [-0.2, -0.15) is 5.26 Å². The topological polar surface area (TPSA) is 130 Å². The third-order valence-corrected chi connectivity index (χ3v) is 4.45. The molecule has 0 spiro atoms. The summed E-state index contributed by atoms with van der Waals surface area (Å²) in [6.45, 7) is 0. The van der Waals surface area contributed by atoms with Crippen molar-refractivity contribution in [1.29, 1.82) is 5.26 Å². The minimum Gasteiger partial charge on any atom is -0.368 e. The van der Waals surface area contributed by atoms with Crippen molar-refractivity contribution in [3.63, 3.8) is 0 Å². The molecular weight excluding hydrogens is 378 g/mol. The summed E-state index contributed by atoms with van der Waals surface area (Å²) in [5.74, 6) is 0.0255. The van der Waals surface area contributed by atoms with Gasteiger partial charge in [0.15, 0.2) is 11.5 Å². The molecule has 1 amide bonds. The lowest BCUT2D eigenvalue weighted by atomic mass is 10.1. The molecule has 0 radical (unpaired) electrons. The van der Waals surface area contributed by atoms with Crippen molar-refractivity contribution in [3.8, 4) is 6.07 Å². The highest BCUT2D eigenvalue weighted by molar-refractivity contribution is 5.85. The number of primary amides is 1. The molecule has 4 rings (SSSR count). The summed E-state index contributed by atoms with van der Waals surface area (Å²) in [6.07, 6.45) is 3.12. The Labute approximate surface area is 172 Å². The van der Waals surface area contributed by atoms with E-state index in [2.05, 4.69) is 25.6 Å². The van der Waals surface area contributed by atoms with Crippen LogP contribution in [0, 0.1) is 11.3 Å². The van der Waals surface area contributed by atoms with Crippen molar-refractivity contribution in [1.82, 2.24) is 15.0 Å². The second kappa shape index (κ2) is 8.24. The summed E-state index contributed by atoms with van der Waals surface area (Å²) in [5, 5.41) is 16.5. The molecule has 0 saturated carbocycles. The predicted molar refractivity (Wildman–Crippen MR) is 114 cm³/mol. The Morgan fingerprint density at radius 2 is 1.90 bits per heavy atom. The van der Waals surface area contributed by atoms with Crippen LogP contribution in [-0.4, -0.2) is 20.9 Å². The minimum absolute atomic E-state index is 0.127. The van der Waals surface area contributed by atoms with Crippen LogP contribution in [0.25, 0.3) is 10.9 Å². The molecule has 0 saturated heterocycles. The molecule has 146 valence electrons. The maximum absolute atomic E-state index is 12.0. The Balaban J connectivity index is 1.64. The molecule has 2 aromatic carbocycles. The van der Waals surface area contributed by atoms with E-state index in [0.29, 0.717) is 11.4 Å². The van der Waals surface area contributed by atoms with Crippen LogP contribution in [-0.2, 0) is 4.79 Å². The quantitative estimate of drug-likeness (QED) is 0.457. The first kappa shape index (κ1) is 18.8. The van der Waals surface area contributed by atoms with Gasteiger partial charge in [-0.05, 0) is 29.8 Å². The number of carbonyl (C=O) groups excluding carboxylic acids is 1. The van der Waals surface area contributed by atoms with E-state index in [0.717, 1.165) is 16.6 Å². The van der Waals surface area contributed by atoms with Crippen LogP contribution in [0.1, 0.15) is 17.3 Å². The molecule has 1 unspecified atom stereocenters. The van der Waals surface area contributed by atoms with Crippen molar-refractivity contribution >= 4 is 34.1 Å². The number of nitrogens with two attached hydrogens (primary N) is 1. The zero-order chi connectivity index (χ0) is 20.9. The van der Waals surface area contributed by atoms with Gasteiger partial charge in [0.25, 0.3) is 0 Å². The van der Waals surface area contributed by atoms with Crippen molar-refractivity contribution in [2.75, 3.05) is 10.6 Å². The van der Waals surface area contributed by atoms with E-state index in [9.17, 15) is 10.1 Å². The zero-order valence-electron chi connectivity index (χ0n) is 15.8. The number of rotatable bonds is 6. The largest absolute Gasteiger partial charge is 0.368 e. The van der Waals surface area contributed by atoms with Gasteiger partial charge in [-0.1, -0.05) is 36.4 Å². The fourth-order valence-electron chi connectivity index (χ4n) is 3.03. The first-order valence-electron chi connectivity index (χ1n) is 9.14. The van der Waals surface area contributed by atoms with Crippen molar-refractivity contribution in [2.24, 2.45) is 5.73 Å². The van der Waals surface area contributed by atoms with Gasteiger partial charge >= 0.3 is 0 Å². The number of aromatic nitrogens is 3. The van der Waals surface area contributed by atoms with Gasteiger partial charge in [-0.25, -0.2) is 9.97 Å². The maximum Gasteiger partial charge on any atom is 0.244 e. The van der Waals surface area contributed by atoms with Crippen molar-refractivity contribution in [3.05, 3.63) is 84.3 Å². The SMILES string of the molecule is N#Cc1ncc(NC(C(N)=O)c2ccccc2)nc1Nc1ccc2ncccc2c1. The molecule has 0 fully saturated rings. The average Bonchev–Trinajstić information content (AvgIpc) is 2.78. The Hall–Kier alpha value is -4.51. The molecule has 0 aliphatic heterocycles. The van der Waals surface area contributed by atoms with E-state index in [4.69, 9.17) is 5.73 Å². The van der Waals surface area contributed by atoms with E-state index in [1.165, 1.54) is 6.20 Å². The number of carbonyl (C=O) groups is 1. The molecule has 0 aliphatic carbocycles. The van der Waals surface area contributed by atoms with Crippen LogP contribution in [0.2, 0.25) is 0 Å². The van der Waals surface area contributed by atoms with Gasteiger partial charge in [-0.15, -0.1) is 0 Å². The third-order valence-electron chi connectivity index (χ3n) is 4.45. The monoisotopic (exact) mass is 395 g/mol. The van der Waals surface area contributed by atoms with E-state index in [1.54, 1.807) is 18.3 Å². The first-order valence-corrected chi connectivity index (χ1v) is 9.14. The van der Waals surface area contributed by atoms with Crippen LogP contribution in [0.5, 0.6) is 0 Å². The van der Waals surface area contributed by atoms with Gasteiger partial charge in [0.1, 0.15) is 17.9 Å². The van der Waals surface area contributed by atoms with Gasteiger partial charge in [0, 0.05) is 17.3 Å². The lowest BCUT2D eigenvalue weighted by Gasteiger charge is -2.17. The lowest BCUT2D eigenvalue weighted by molar-refractivity contribution is -0.118. The standard InChI is InChI=1S/C22H17N7O/c23-12-18-22(27-16-8-9-17-15(11-16)7-4-10-25-17)29-19(13-26-18)28-20(21(24)30)14-5-2-1-3-6-14/h1-11,13,20H,(H2,24,30)(H2,27,28,29). The Kier molecular flexibility index (Phi) is 5.17. The summed E-state index contributed by atoms with van der Waals surface area (Å²) < 4.78 is 0. The van der Waals surface area contributed by atoms with Gasteiger partial charge in [-0.3, -0.25) is 9.78 Å². The molecule has 4 N–H and O–H groups in total. The number of hydrogen-bond acceptors (Lipinski definition) is 7. The Morgan fingerprint density at radius 3 is 2.67 bits per heavy atom. The molecule has 0 aliphatic rings. The van der Waals surface area contributed by atoms with Gasteiger partial charge in [0.05, 0.1) is 11.7 Å². The van der Waals surface area contributed by atoms with E-state index in [1.807, 2.05) is 54.6 Å². The summed E-state index contributed by atoms with van der Waals surface area (Å²) in [7, 11) is 0. The zero-order valence-corrected chi connectivity index (χ0v) is 15.8. The normalized spacial score (nSPS) is 11.4. The van der Waals surface area contributed by atoms with Gasteiger partial charge < -0.3 is 16.4 Å². The molecule has 1 atom stereocenters. The van der Waals surface area contributed by atoms with Crippen LogP contribution in [0.4, 0.5) is 17.3 Å². The number of nitrogens with one attached hydrogen (secondary N) is 2. The van der Waals surface area contributed by atoms with Crippen molar-refractivity contribution < 1.29 is 4.79 Å². The van der Waals surface area contributed by atoms with Gasteiger partial charge in [0.2, 0.25) is 5.91 Å². The lowest BCUT2D eigenvalue weighted by Crippen LogP contribution is -2.28. The van der Waals surface area contributed by atoms with Crippen LogP contribution in [0.15, 0.2) is 73.1 Å². The molecule has 30 heavy (non-hydrogen) atoms. The number of fused-ring (bicyclic) bond motifs is 1. The smallest absolute Gasteiger partial charge is 0.244 e. The molecular formula is C22H17N7O. The number of nitriles is 1. The second-order valence-corrected chi connectivity index (χ2v) is 6.49. The van der Waals surface area contributed by atoms with E-state index < -0.39 is 11.9 Å². The number of amides is 1. The number of nitrogens with zero attached hydrogens (tertiary/aromatic N) is 4. The van der Waals surface area contributed by atoms with Crippen molar-refractivity contribution in [2.45, 2.75) is 6.04 Å². The number of pyridine rings is 1. The highest BCUT2D eigenvalue weighted by Gasteiger charge is 2.19. The molecule has 4 aromatic rings.